The number of benzene rings is 2. The summed E-state index contributed by atoms with van der Waals surface area (Å²) < 4.78 is 5.85. The van der Waals surface area contributed by atoms with Gasteiger partial charge in [0.25, 0.3) is 0 Å². The number of rotatable bonds is 10. The summed E-state index contributed by atoms with van der Waals surface area (Å²) in [6, 6.07) is 24.3. The van der Waals surface area contributed by atoms with Crippen molar-refractivity contribution in [1.29, 1.82) is 0 Å². The lowest BCUT2D eigenvalue weighted by Gasteiger charge is -2.23. The van der Waals surface area contributed by atoms with E-state index in [2.05, 4.69) is 41.4 Å². The number of aryl methyl sites for hydroxylation is 1. The van der Waals surface area contributed by atoms with Gasteiger partial charge < -0.3 is 14.6 Å². The zero-order valence-electron chi connectivity index (χ0n) is 16.4. The molecule has 0 radical (unpaired) electrons. The maximum absolute atomic E-state index is 12.1. The van der Waals surface area contributed by atoms with Crippen LogP contribution in [-0.4, -0.2) is 25.5 Å². The van der Waals surface area contributed by atoms with E-state index in [1.165, 1.54) is 5.69 Å². The normalized spacial score (nSPS) is 10.6. The van der Waals surface area contributed by atoms with Crippen LogP contribution in [-0.2, 0) is 11.2 Å². The Morgan fingerprint density at radius 1 is 0.964 bits per heavy atom. The van der Waals surface area contributed by atoms with Gasteiger partial charge in [-0.15, -0.1) is 0 Å². The van der Waals surface area contributed by atoms with Gasteiger partial charge in [-0.25, -0.2) is 0 Å². The zero-order chi connectivity index (χ0) is 19.6. The molecule has 1 aromatic heterocycles. The third-order valence-electron chi connectivity index (χ3n) is 4.75. The number of furan rings is 1. The minimum absolute atomic E-state index is 0.0698. The molecular weight excluding hydrogens is 348 g/mol. The Morgan fingerprint density at radius 2 is 1.68 bits per heavy atom. The highest BCUT2D eigenvalue weighted by atomic mass is 16.3. The Morgan fingerprint density at radius 3 is 2.39 bits per heavy atom. The number of hydrogen-bond acceptors (Lipinski definition) is 3. The number of nitrogens with zero attached hydrogens (tertiary/aromatic N) is 1. The van der Waals surface area contributed by atoms with E-state index in [4.69, 9.17) is 4.42 Å². The molecule has 28 heavy (non-hydrogen) atoms. The van der Waals surface area contributed by atoms with Crippen LogP contribution >= 0.6 is 0 Å². The lowest BCUT2D eigenvalue weighted by Crippen LogP contribution is -2.30. The monoisotopic (exact) mass is 376 g/mol. The van der Waals surface area contributed by atoms with Crippen LogP contribution in [0.2, 0.25) is 0 Å². The standard InChI is InChI=1S/C24H28N2O2/c1-2-26(21-12-7-4-8-13-21)19-9-18-25-24(27)17-15-22-14-16-23(28-22)20-10-5-3-6-11-20/h3-8,10-14,16H,2,9,15,17-19H2,1H3,(H,25,27). The van der Waals surface area contributed by atoms with Gasteiger partial charge in [0.05, 0.1) is 0 Å². The second-order valence-electron chi connectivity index (χ2n) is 6.75. The van der Waals surface area contributed by atoms with Gasteiger partial charge in [0, 0.05) is 43.7 Å². The maximum atomic E-state index is 12.1. The molecule has 1 N–H and O–H groups in total. The van der Waals surface area contributed by atoms with Crippen LogP contribution in [0.25, 0.3) is 11.3 Å². The molecule has 0 spiro atoms. The average molecular weight is 377 g/mol. The predicted octanol–water partition coefficient (Wildman–Crippen LogP) is 4.91. The fraction of sp³-hybridized carbons (Fsp3) is 0.292. The molecule has 0 atom stereocenters. The van der Waals surface area contributed by atoms with Crippen LogP contribution in [0.1, 0.15) is 25.5 Å². The smallest absolute Gasteiger partial charge is 0.220 e. The number of carbonyl (C=O) groups is 1. The fourth-order valence-electron chi connectivity index (χ4n) is 3.20. The van der Waals surface area contributed by atoms with Crippen LogP contribution < -0.4 is 10.2 Å². The summed E-state index contributed by atoms with van der Waals surface area (Å²) in [7, 11) is 0. The number of amides is 1. The first kappa shape index (κ1) is 19.7. The minimum atomic E-state index is 0.0698. The second-order valence-corrected chi connectivity index (χ2v) is 6.75. The molecule has 1 heterocycles. The SMILES string of the molecule is CCN(CCCNC(=O)CCc1ccc(-c2ccccc2)o1)c1ccccc1. The van der Waals surface area contributed by atoms with Crippen molar-refractivity contribution in [2.24, 2.45) is 0 Å². The summed E-state index contributed by atoms with van der Waals surface area (Å²) in [4.78, 5) is 14.4. The Bertz CT molecular complexity index is 843. The molecule has 0 saturated heterocycles. The van der Waals surface area contributed by atoms with E-state index >= 15 is 0 Å². The molecule has 0 aliphatic heterocycles. The molecule has 3 rings (SSSR count). The molecule has 0 bridgehead atoms. The first-order valence-corrected chi connectivity index (χ1v) is 9.97. The highest BCUT2D eigenvalue weighted by Crippen LogP contribution is 2.22. The summed E-state index contributed by atoms with van der Waals surface area (Å²) in [5.41, 5.74) is 2.28. The Kier molecular flexibility index (Phi) is 7.30. The molecule has 1 amide bonds. The number of hydrogen-bond donors (Lipinski definition) is 1. The van der Waals surface area contributed by atoms with Gasteiger partial charge in [-0.05, 0) is 37.6 Å². The van der Waals surface area contributed by atoms with Gasteiger partial charge in [-0.2, -0.15) is 0 Å². The molecule has 4 heteroatoms. The third-order valence-corrected chi connectivity index (χ3v) is 4.75. The number of anilines is 1. The van der Waals surface area contributed by atoms with Gasteiger partial charge >= 0.3 is 0 Å². The number of nitrogens with one attached hydrogen (secondary N) is 1. The predicted molar refractivity (Wildman–Crippen MR) is 114 cm³/mol. The number of carbonyl (C=O) groups excluding carboxylic acids is 1. The van der Waals surface area contributed by atoms with Gasteiger partial charge in [0.2, 0.25) is 5.91 Å². The molecule has 3 aromatic rings. The van der Waals surface area contributed by atoms with Crippen molar-refractivity contribution in [3.63, 3.8) is 0 Å². The van der Waals surface area contributed by atoms with Crippen molar-refractivity contribution in [2.45, 2.75) is 26.2 Å². The first-order valence-electron chi connectivity index (χ1n) is 9.97. The van der Waals surface area contributed by atoms with Crippen molar-refractivity contribution >= 4 is 11.6 Å². The van der Waals surface area contributed by atoms with Gasteiger partial charge in [-0.3, -0.25) is 4.79 Å². The van der Waals surface area contributed by atoms with Crippen LogP contribution in [0.4, 0.5) is 5.69 Å². The summed E-state index contributed by atoms with van der Waals surface area (Å²) in [6.45, 7) is 4.73. The van der Waals surface area contributed by atoms with Gasteiger partial charge in [0.15, 0.2) is 0 Å². The lowest BCUT2D eigenvalue weighted by atomic mass is 10.2. The van der Waals surface area contributed by atoms with E-state index in [-0.39, 0.29) is 5.91 Å². The molecule has 2 aromatic carbocycles. The van der Waals surface area contributed by atoms with Gasteiger partial charge in [0.1, 0.15) is 11.5 Å². The molecular formula is C24H28N2O2. The summed E-state index contributed by atoms with van der Waals surface area (Å²) in [5, 5.41) is 3.02. The van der Waals surface area contributed by atoms with E-state index < -0.39 is 0 Å². The molecule has 0 fully saturated rings. The maximum Gasteiger partial charge on any atom is 0.220 e. The Hall–Kier alpha value is -3.01. The van der Waals surface area contributed by atoms with Crippen molar-refractivity contribution < 1.29 is 9.21 Å². The largest absolute Gasteiger partial charge is 0.461 e. The lowest BCUT2D eigenvalue weighted by molar-refractivity contribution is -0.121. The minimum Gasteiger partial charge on any atom is -0.461 e. The summed E-state index contributed by atoms with van der Waals surface area (Å²) >= 11 is 0. The number of para-hydroxylation sites is 1. The highest BCUT2D eigenvalue weighted by molar-refractivity contribution is 5.76. The van der Waals surface area contributed by atoms with E-state index in [1.54, 1.807) is 0 Å². The molecule has 146 valence electrons. The molecule has 0 saturated carbocycles. The molecule has 4 nitrogen and oxygen atoms in total. The Balaban J connectivity index is 1.36. The van der Waals surface area contributed by atoms with Gasteiger partial charge in [-0.1, -0.05) is 48.5 Å². The van der Waals surface area contributed by atoms with Crippen LogP contribution in [0.15, 0.2) is 77.2 Å². The molecule has 0 aliphatic carbocycles. The van der Waals surface area contributed by atoms with Crippen LogP contribution in [0.5, 0.6) is 0 Å². The van der Waals surface area contributed by atoms with E-state index in [0.717, 1.165) is 36.6 Å². The average Bonchev–Trinajstić information content (AvgIpc) is 3.23. The van der Waals surface area contributed by atoms with E-state index in [9.17, 15) is 4.79 Å². The van der Waals surface area contributed by atoms with Crippen molar-refractivity contribution in [1.82, 2.24) is 5.32 Å². The third kappa shape index (κ3) is 5.74. The summed E-state index contributed by atoms with van der Waals surface area (Å²) in [6.07, 6.45) is 1.98. The topological polar surface area (TPSA) is 45.5 Å². The van der Waals surface area contributed by atoms with Crippen LogP contribution in [0, 0.1) is 0 Å². The van der Waals surface area contributed by atoms with Crippen molar-refractivity contribution in [3.8, 4) is 11.3 Å². The zero-order valence-corrected chi connectivity index (χ0v) is 16.4. The first-order chi connectivity index (χ1) is 13.8. The summed E-state index contributed by atoms with van der Waals surface area (Å²) in [5.74, 6) is 1.76. The van der Waals surface area contributed by atoms with Crippen molar-refractivity contribution in [2.75, 3.05) is 24.5 Å². The van der Waals surface area contributed by atoms with Crippen molar-refractivity contribution in [3.05, 3.63) is 78.6 Å². The van der Waals surface area contributed by atoms with E-state index in [1.807, 2.05) is 48.5 Å². The second kappa shape index (κ2) is 10.4. The molecule has 0 aliphatic rings. The molecule has 0 unspecified atom stereocenters. The fourth-order valence-corrected chi connectivity index (χ4v) is 3.20. The highest BCUT2D eigenvalue weighted by Gasteiger charge is 2.08. The Labute approximate surface area is 167 Å². The quantitative estimate of drug-likeness (QED) is 0.511. The van der Waals surface area contributed by atoms with E-state index in [0.29, 0.717) is 19.4 Å². The van der Waals surface area contributed by atoms with Crippen LogP contribution in [0.3, 0.4) is 0 Å².